The lowest BCUT2D eigenvalue weighted by atomic mass is 10.1. The molecular formula is C20H13ClF3N5O2. The molecule has 0 aliphatic rings. The Bertz CT molecular complexity index is 1260. The van der Waals surface area contributed by atoms with Gasteiger partial charge in [0.25, 0.3) is 11.7 Å². The van der Waals surface area contributed by atoms with E-state index in [-0.39, 0.29) is 11.5 Å². The number of nitrogens with zero attached hydrogens (tertiary/aromatic N) is 4. The molecule has 0 atom stereocenters. The maximum Gasteiger partial charge on any atom is 0.433 e. The predicted octanol–water partition coefficient (Wildman–Crippen LogP) is 4.72. The molecule has 2 heterocycles. The molecule has 0 aliphatic heterocycles. The van der Waals surface area contributed by atoms with E-state index < -0.39 is 23.6 Å². The maximum absolute atomic E-state index is 13.7. The van der Waals surface area contributed by atoms with Crippen LogP contribution in [0.15, 0.2) is 54.6 Å². The number of alkyl halides is 3. The number of fused-ring (bicyclic) bond motifs is 1. The van der Waals surface area contributed by atoms with E-state index in [0.29, 0.717) is 26.5 Å². The van der Waals surface area contributed by atoms with Gasteiger partial charge < -0.3 is 10.1 Å². The monoisotopic (exact) mass is 447 g/mol. The number of nitrogens with one attached hydrogen (secondary N) is 1. The van der Waals surface area contributed by atoms with Gasteiger partial charge in [0, 0.05) is 16.3 Å². The highest BCUT2D eigenvalue weighted by molar-refractivity contribution is 6.30. The summed E-state index contributed by atoms with van der Waals surface area (Å²) in [7, 11) is 1.48. The van der Waals surface area contributed by atoms with Crippen molar-refractivity contribution in [2.24, 2.45) is 0 Å². The summed E-state index contributed by atoms with van der Waals surface area (Å²) in [5.74, 6) is -1.06. The molecule has 0 radical (unpaired) electrons. The summed E-state index contributed by atoms with van der Waals surface area (Å²) in [6.07, 6.45) is -4.75. The summed E-state index contributed by atoms with van der Waals surface area (Å²) >= 11 is 5.80. The fourth-order valence-electron chi connectivity index (χ4n) is 2.80. The van der Waals surface area contributed by atoms with E-state index in [0.717, 1.165) is 6.07 Å². The summed E-state index contributed by atoms with van der Waals surface area (Å²) in [5.41, 5.74) is -0.277. The summed E-state index contributed by atoms with van der Waals surface area (Å²) in [4.78, 5) is 20.5. The Labute approximate surface area is 178 Å². The van der Waals surface area contributed by atoms with E-state index in [2.05, 4.69) is 20.4 Å². The molecule has 158 valence electrons. The van der Waals surface area contributed by atoms with Crippen LogP contribution in [0.25, 0.3) is 17.0 Å². The average molecular weight is 448 g/mol. The van der Waals surface area contributed by atoms with Gasteiger partial charge >= 0.3 is 6.18 Å². The van der Waals surface area contributed by atoms with Crippen molar-refractivity contribution in [3.63, 3.8) is 0 Å². The first-order valence-corrected chi connectivity index (χ1v) is 9.19. The van der Waals surface area contributed by atoms with Crippen molar-refractivity contribution < 1.29 is 22.7 Å². The van der Waals surface area contributed by atoms with Crippen LogP contribution in [-0.4, -0.2) is 32.6 Å². The highest BCUT2D eigenvalue weighted by Crippen LogP contribution is 2.32. The van der Waals surface area contributed by atoms with E-state index in [9.17, 15) is 18.0 Å². The molecule has 1 N–H and O–H groups in total. The standard InChI is InChI=1S/C20H13ClF3N5O2/c1-31-14-8-2-11(3-9-14)15-10-16(20(22,23)24)29-19(26-15)27-17(28-29)18(30)25-13-6-4-12(21)5-7-13/h2-10H,1H3,(H,25,30). The van der Waals surface area contributed by atoms with E-state index in [1.807, 2.05) is 0 Å². The molecule has 0 spiro atoms. The third-order valence-corrected chi connectivity index (χ3v) is 4.55. The van der Waals surface area contributed by atoms with Crippen LogP contribution in [0.5, 0.6) is 5.75 Å². The molecule has 1 amide bonds. The van der Waals surface area contributed by atoms with Crippen molar-refractivity contribution in [1.82, 2.24) is 19.6 Å². The topological polar surface area (TPSA) is 81.4 Å². The van der Waals surface area contributed by atoms with Crippen LogP contribution in [0, 0.1) is 0 Å². The Morgan fingerprint density at radius 1 is 1.06 bits per heavy atom. The quantitative estimate of drug-likeness (QED) is 0.489. The van der Waals surface area contributed by atoms with E-state index in [1.165, 1.54) is 19.2 Å². The van der Waals surface area contributed by atoms with Gasteiger partial charge in [0.1, 0.15) is 5.75 Å². The van der Waals surface area contributed by atoms with Gasteiger partial charge in [-0.25, -0.2) is 4.98 Å². The Morgan fingerprint density at radius 2 is 1.74 bits per heavy atom. The van der Waals surface area contributed by atoms with Crippen LogP contribution in [0.2, 0.25) is 5.02 Å². The Balaban J connectivity index is 1.76. The van der Waals surface area contributed by atoms with Gasteiger partial charge in [-0.15, -0.1) is 5.10 Å². The summed E-state index contributed by atoms with van der Waals surface area (Å²) in [6, 6.07) is 13.4. The van der Waals surface area contributed by atoms with Gasteiger partial charge in [0.2, 0.25) is 5.82 Å². The Morgan fingerprint density at radius 3 is 2.35 bits per heavy atom. The molecule has 31 heavy (non-hydrogen) atoms. The molecule has 0 saturated heterocycles. The highest BCUT2D eigenvalue weighted by Gasteiger charge is 2.36. The van der Waals surface area contributed by atoms with Crippen molar-refractivity contribution >= 4 is 29.0 Å². The molecule has 0 unspecified atom stereocenters. The lowest BCUT2D eigenvalue weighted by Gasteiger charge is -2.10. The van der Waals surface area contributed by atoms with E-state index in [1.54, 1.807) is 36.4 Å². The number of hydrogen-bond acceptors (Lipinski definition) is 5. The van der Waals surface area contributed by atoms with Gasteiger partial charge in [0.15, 0.2) is 5.69 Å². The lowest BCUT2D eigenvalue weighted by Crippen LogP contribution is -2.16. The molecule has 2 aromatic carbocycles. The number of carbonyl (C=O) groups is 1. The number of hydrogen-bond donors (Lipinski definition) is 1. The number of amides is 1. The van der Waals surface area contributed by atoms with E-state index in [4.69, 9.17) is 16.3 Å². The first kappa shape index (κ1) is 20.6. The number of methoxy groups -OCH3 is 1. The van der Waals surface area contributed by atoms with E-state index >= 15 is 0 Å². The molecule has 11 heteroatoms. The van der Waals surface area contributed by atoms with Crippen molar-refractivity contribution in [1.29, 1.82) is 0 Å². The lowest BCUT2D eigenvalue weighted by molar-refractivity contribution is -0.142. The second-order valence-corrected chi connectivity index (χ2v) is 6.80. The first-order valence-electron chi connectivity index (χ1n) is 8.81. The van der Waals surface area contributed by atoms with Crippen LogP contribution in [0.1, 0.15) is 16.3 Å². The molecule has 0 bridgehead atoms. The minimum Gasteiger partial charge on any atom is -0.497 e. The second-order valence-electron chi connectivity index (χ2n) is 6.36. The number of halogens is 4. The fourth-order valence-corrected chi connectivity index (χ4v) is 2.92. The largest absolute Gasteiger partial charge is 0.497 e. The first-order chi connectivity index (χ1) is 14.7. The number of benzene rings is 2. The van der Waals surface area contributed by atoms with Crippen LogP contribution >= 0.6 is 11.6 Å². The summed E-state index contributed by atoms with van der Waals surface area (Å²) in [6.45, 7) is 0. The van der Waals surface area contributed by atoms with Gasteiger partial charge in [-0.2, -0.15) is 22.7 Å². The van der Waals surface area contributed by atoms with Crippen molar-refractivity contribution in [3.05, 3.63) is 71.1 Å². The minimum atomic E-state index is -4.75. The summed E-state index contributed by atoms with van der Waals surface area (Å²) < 4.78 is 46.6. The van der Waals surface area contributed by atoms with Crippen LogP contribution in [0.4, 0.5) is 18.9 Å². The van der Waals surface area contributed by atoms with Crippen LogP contribution < -0.4 is 10.1 Å². The number of ether oxygens (including phenoxy) is 1. The van der Waals surface area contributed by atoms with Crippen molar-refractivity contribution in [3.8, 4) is 17.0 Å². The predicted molar refractivity (Wildman–Crippen MR) is 107 cm³/mol. The molecule has 7 nitrogen and oxygen atoms in total. The SMILES string of the molecule is COc1ccc(-c2cc(C(F)(F)F)n3nc(C(=O)Nc4ccc(Cl)cc4)nc3n2)cc1. The normalized spacial score (nSPS) is 11.5. The van der Waals surface area contributed by atoms with Gasteiger partial charge in [-0.3, -0.25) is 4.79 Å². The molecular weight excluding hydrogens is 435 g/mol. The zero-order chi connectivity index (χ0) is 22.2. The molecule has 0 saturated carbocycles. The van der Waals surface area contributed by atoms with Gasteiger partial charge in [-0.05, 0) is 54.6 Å². The zero-order valence-electron chi connectivity index (χ0n) is 15.8. The number of carbonyl (C=O) groups excluding carboxylic acids is 1. The average Bonchev–Trinajstić information content (AvgIpc) is 3.18. The molecule has 4 rings (SSSR count). The number of aromatic nitrogens is 4. The van der Waals surface area contributed by atoms with Crippen LogP contribution in [0.3, 0.4) is 0 Å². The third-order valence-electron chi connectivity index (χ3n) is 4.29. The number of rotatable bonds is 4. The number of anilines is 1. The zero-order valence-corrected chi connectivity index (χ0v) is 16.6. The Kier molecular flexibility index (Phi) is 5.24. The fraction of sp³-hybridized carbons (Fsp3) is 0.100. The van der Waals surface area contributed by atoms with Gasteiger partial charge in [-0.1, -0.05) is 11.6 Å². The molecule has 0 aliphatic carbocycles. The Hall–Kier alpha value is -3.66. The molecule has 0 fully saturated rings. The molecule has 2 aromatic heterocycles. The maximum atomic E-state index is 13.7. The van der Waals surface area contributed by atoms with Crippen molar-refractivity contribution in [2.75, 3.05) is 12.4 Å². The molecule has 4 aromatic rings. The van der Waals surface area contributed by atoms with Crippen molar-refractivity contribution in [2.45, 2.75) is 6.18 Å². The summed E-state index contributed by atoms with van der Waals surface area (Å²) in [5, 5.41) is 6.69. The smallest absolute Gasteiger partial charge is 0.433 e. The highest BCUT2D eigenvalue weighted by atomic mass is 35.5. The minimum absolute atomic E-state index is 0.0273. The third kappa shape index (κ3) is 4.29. The van der Waals surface area contributed by atoms with Crippen LogP contribution in [-0.2, 0) is 6.18 Å². The van der Waals surface area contributed by atoms with Gasteiger partial charge in [0.05, 0.1) is 12.8 Å². The second kappa shape index (κ2) is 7.88.